The number of amides is 1. The van der Waals surface area contributed by atoms with E-state index >= 15 is 0 Å². The van der Waals surface area contributed by atoms with Crippen molar-refractivity contribution >= 4 is 6.09 Å². The van der Waals surface area contributed by atoms with Gasteiger partial charge in [0, 0.05) is 18.5 Å². The summed E-state index contributed by atoms with van der Waals surface area (Å²) >= 11 is 0. The predicted molar refractivity (Wildman–Crippen MR) is 69.4 cm³/mol. The van der Waals surface area contributed by atoms with Crippen molar-refractivity contribution in [3.63, 3.8) is 0 Å². The Balaban J connectivity index is 2.17. The van der Waals surface area contributed by atoms with E-state index < -0.39 is 23.9 Å². The predicted octanol–water partition coefficient (Wildman–Crippen LogP) is 2.90. The topological polar surface area (TPSA) is 73.6 Å². The molecule has 8 heteroatoms. The molecule has 0 aliphatic carbocycles. The number of hydrogen-bond acceptors (Lipinski definition) is 3. The average Bonchev–Trinajstić information content (AvgIpc) is 2.88. The van der Waals surface area contributed by atoms with Gasteiger partial charge in [-0.05, 0) is 18.2 Å². The number of benzene rings is 1. The molecule has 1 atom stereocenters. The van der Waals surface area contributed by atoms with Gasteiger partial charge in [-0.15, -0.1) is 0 Å². The molecule has 118 valence electrons. The molecule has 0 saturated carbocycles. The molecule has 1 amide bonds. The Morgan fingerprint density at radius 3 is 2.77 bits per heavy atom. The van der Waals surface area contributed by atoms with E-state index in [9.17, 15) is 18.0 Å². The number of nitrogens with zero attached hydrogens (tertiary/aromatic N) is 2. The molecule has 1 aliphatic rings. The van der Waals surface area contributed by atoms with Gasteiger partial charge in [0.15, 0.2) is 0 Å². The van der Waals surface area contributed by atoms with Crippen molar-refractivity contribution < 1.29 is 27.8 Å². The number of carbonyl (C=O) groups is 1. The first-order valence-electron chi connectivity index (χ1n) is 6.53. The molecule has 1 saturated heterocycles. The fraction of sp³-hybridized carbons (Fsp3) is 0.429. The second kappa shape index (κ2) is 6.13. The Hall–Kier alpha value is -2.43. The van der Waals surface area contributed by atoms with Gasteiger partial charge in [0.2, 0.25) is 0 Å². The van der Waals surface area contributed by atoms with Crippen molar-refractivity contribution in [2.24, 2.45) is 0 Å². The molecule has 1 aromatic carbocycles. The Bertz CT molecular complexity index is 610. The zero-order valence-corrected chi connectivity index (χ0v) is 11.4. The van der Waals surface area contributed by atoms with E-state index in [1.54, 1.807) is 6.07 Å². The molecule has 0 radical (unpaired) electrons. The lowest BCUT2D eigenvalue weighted by Gasteiger charge is -2.17. The first-order valence-corrected chi connectivity index (χ1v) is 6.53. The molecule has 1 aromatic rings. The van der Waals surface area contributed by atoms with Crippen LogP contribution in [0, 0.1) is 11.3 Å². The number of nitriles is 1. The lowest BCUT2D eigenvalue weighted by atomic mass is 10.1. The quantitative estimate of drug-likeness (QED) is 0.931. The Morgan fingerprint density at radius 1 is 1.50 bits per heavy atom. The largest absolute Gasteiger partial charge is 0.488 e. The SMILES string of the molecule is N#CCc1cc(C(F)(F)F)ccc1OC1CCN(C(=O)O)C1. The number of halogens is 3. The molecule has 1 aliphatic heterocycles. The molecule has 0 bridgehead atoms. The third-order valence-electron chi connectivity index (χ3n) is 3.37. The van der Waals surface area contributed by atoms with Gasteiger partial charge in [-0.3, -0.25) is 0 Å². The zero-order chi connectivity index (χ0) is 16.3. The minimum atomic E-state index is -4.49. The van der Waals surface area contributed by atoms with Crippen molar-refractivity contribution in [3.8, 4) is 11.8 Å². The highest BCUT2D eigenvalue weighted by Gasteiger charge is 2.32. The van der Waals surface area contributed by atoms with E-state index in [-0.39, 0.29) is 24.3 Å². The molecule has 22 heavy (non-hydrogen) atoms. The third kappa shape index (κ3) is 3.61. The standard InChI is InChI=1S/C14H13F3N2O3/c15-14(16,17)10-1-2-12(9(7-10)3-5-18)22-11-4-6-19(8-11)13(20)21/h1-2,7,11H,3-4,6,8H2,(H,20,21). The van der Waals surface area contributed by atoms with Crippen LogP contribution >= 0.6 is 0 Å². The number of carboxylic acid groups (broad SMARTS) is 1. The second-order valence-electron chi connectivity index (χ2n) is 4.91. The lowest BCUT2D eigenvalue weighted by Crippen LogP contribution is -2.29. The van der Waals surface area contributed by atoms with Crippen LogP contribution in [0.1, 0.15) is 17.5 Å². The fourth-order valence-electron chi connectivity index (χ4n) is 2.27. The fourth-order valence-corrected chi connectivity index (χ4v) is 2.27. The van der Waals surface area contributed by atoms with Crippen molar-refractivity contribution in [2.75, 3.05) is 13.1 Å². The number of likely N-dealkylation sites (tertiary alicyclic amines) is 1. The smallest absolute Gasteiger partial charge is 0.416 e. The Labute approximate surface area is 124 Å². The van der Waals surface area contributed by atoms with Crippen molar-refractivity contribution in [1.29, 1.82) is 5.26 Å². The molecular formula is C14H13F3N2O3. The van der Waals surface area contributed by atoms with Crippen LogP contribution in [0.25, 0.3) is 0 Å². The maximum Gasteiger partial charge on any atom is 0.416 e. The van der Waals surface area contributed by atoms with E-state index in [0.717, 1.165) is 12.1 Å². The molecular weight excluding hydrogens is 301 g/mol. The normalized spacial score (nSPS) is 18.1. The minimum Gasteiger partial charge on any atom is -0.488 e. The summed E-state index contributed by atoms with van der Waals surface area (Å²) in [5.41, 5.74) is -0.699. The average molecular weight is 314 g/mol. The highest BCUT2D eigenvalue weighted by molar-refractivity contribution is 5.65. The van der Waals surface area contributed by atoms with Gasteiger partial charge >= 0.3 is 12.3 Å². The highest BCUT2D eigenvalue weighted by atomic mass is 19.4. The van der Waals surface area contributed by atoms with Crippen LogP contribution in [0.4, 0.5) is 18.0 Å². The zero-order valence-electron chi connectivity index (χ0n) is 11.4. The summed E-state index contributed by atoms with van der Waals surface area (Å²) in [6, 6.07) is 4.76. The van der Waals surface area contributed by atoms with Crippen LogP contribution in [0.5, 0.6) is 5.75 Å². The first kappa shape index (κ1) is 15.9. The number of rotatable bonds is 3. The molecule has 0 aromatic heterocycles. The van der Waals surface area contributed by atoms with Crippen molar-refractivity contribution in [2.45, 2.75) is 25.1 Å². The molecule has 0 spiro atoms. The van der Waals surface area contributed by atoms with Crippen LogP contribution in [0.2, 0.25) is 0 Å². The van der Waals surface area contributed by atoms with Crippen LogP contribution in [0.3, 0.4) is 0 Å². The van der Waals surface area contributed by atoms with Gasteiger partial charge in [0.05, 0.1) is 24.6 Å². The first-order chi connectivity index (χ1) is 10.3. The highest BCUT2D eigenvalue weighted by Crippen LogP contribution is 2.33. The summed E-state index contributed by atoms with van der Waals surface area (Å²) in [6.45, 7) is 0.469. The summed E-state index contributed by atoms with van der Waals surface area (Å²) in [4.78, 5) is 12.0. The van der Waals surface area contributed by atoms with E-state index in [2.05, 4.69) is 0 Å². The van der Waals surface area contributed by atoms with Gasteiger partial charge in [0.1, 0.15) is 11.9 Å². The van der Waals surface area contributed by atoms with Crippen molar-refractivity contribution in [3.05, 3.63) is 29.3 Å². The van der Waals surface area contributed by atoms with Gasteiger partial charge in [-0.1, -0.05) is 0 Å². The van der Waals surface area contributed by atoms with Crippen molar-refractivity contribution in [1.82, 2.24) is 4.90 Å². The van der Waals surface area contributed by atoms with Gasteiger partial charge in [-0.25, -0.2) is 4.79 Å². The lowest BCUT2D eigenvalue weighted by molar-refractivity contribution is -0.137. The number of alkyl halides is 3. The van der Waals surface area contributed by atoms with Gasteiger partial charge < -0.3 is 14.7 Å². The number of ether oxygens (including phenoxy) is 1. The Morgan fingerprint density at radius 2 is 2.23 bits per heavy atom. The number of hydrogen-bond donors (Lipinski definition) is 1. The molecule has 1 N–H and O–H groups in total. The summed E-state index contributed by atoms with van der Waals surface area (Å²) in [6.07, 6.45) is -5.73. The Kier molecular flexibility index (Phi) is 4.45. The minimum absolute atomic E-state index is 0.145. The molecule has 1 heterocycles. The van der Waals surface area contributed by atoms with Gasteiger partial charge in [-0.2, -0.15) is 18.4 Å². The summed E-state index contributed by atoms with van der Waals surface area (Å²) in [7, 11) is 0. The van der Waals surface area contributed by atoms with Crippen LogP contribution in [-0.4, -0.2) is 35.3 Å². The summed E-state index contributed by atoms with van der Waals surface area (Å²) < 4.78 is 43.7. The second-order valence-corrected chi connectivity index (χ2v) is 4.91. The van der Waals surface area contributed by atoms with Gasteiger partial charge in [0.25, 0.3) is 0 Å². The van der Waals surface area contributed by atoms with E-state index in [1.165, 1.54) is 11.0 Å². The molecule has 2 rings (SSSR count). The van der Waals surface area contributed by atoms with E-state index in [1.807, 2.05) is 0 Å². The van der Waals surface area contributed by atoms with Crippen LogP contribution < -0.4 is 4.74 Å². The summed E-state index contributed by atoms with van der Waals surface area (Å²) in [5.74, 6) is 0.187. The molecule has 1 unspecified atom stereocenters. The molecule has 5 nitrogen and oxygen atoms in total. The maximum atomic E-state index is 12.7. The molecule has 1 fully saturated rings. The van der Waals surface area contributed by atoms with E-state index in [0.29, 0.717) is 13.0 Å². The third-order valence-corrected chi connectivity index (χ3v) is 3.37. The summed E-state index contributed by atoms with van der Waals surface area (Å²) in [5, 5.41) is 17.6. The maximum absolute atomic E-state index is 12.7. The monoisotopic (exact) mass is 314 g/mol. The van der Waals surface area contributed by atoms with Crippen LogP contribution in [0.15, 0.2) is 18.2 Å². The van der Waals surface area contributed by atoms with Crippen LogP contribution in [-0.2, 0) is 12.6 Å². The van der Waals surface area contributed by atoms with E-state index in [4.69, 9.17) is 15.1 Å².